The van der Waals surface area contributed by atoms with Crippen molar-refractivity contribution >= 4 is 38.2 Å². The van der Waals surface area contributed by atoms with E-state index in [-0.39, 0.29) is 5.78 Å². The fraction of sp³-hybridized carbons (Fsp3) is 0. The molecule has 0 saturated heterocycles. The Hall–Kier alpha value is -2.20. The molecule has 1 aromatic heterocycles. The minimum Gasteiger partial charge on any atom is -0.398 e. The number of carbonyl (C=O) groups excluding carboxylic acids is 1. The Balaban J connectivity index is 2.18. The molecule has 0 aliphatic carbocycles. The molecule has 0 radical (unpaired) electrons. The number of carbonyl (C=O) groups is 1. The number of halogens is 1. The first-order chi connectivity index (χ1) is 9.66. The second kappa shape index (κ2) is 5.06. The summed E-state index contributed by atoms with van der Waals surface area (Å²) in [6.45, 7) is 0. The van der Waals surface area contributed by atoms with Crippen LogP contribution >= 0.6 is 15.9 Å². The smallest absolute Gasteiger partial charge is 0.195 e. The minimum absolute atomic E-state index is 0.0770. The molecule has 0 saturated carbocycles. The largest absolute Gasteiger partial charge is 0.398 e. The van der Waals surface area contributed by atoms with E-state index in [1.807, 2.05) is 30.3 Å². The summed E-state index contributed by atoms with van der Waals surface area (Å²) in [5, 5.41) is 1.82. The Labute approximate surface area is 124 Å². The minimum atomic E-state index is -0.0770. The second-order valence-corrected chi connectivity index (χ2v) is 5.38. The summed E-state index contributed by atoms with van der Waals surface area (Å²) in [6.07, 6.45) is 3.43. The van der Waals surface area contributed by atoms with Gasteiger partial charge in [0.2, 0.25) is 0 Å². The van der Waals surface area contributed by atoms with Crippen LogP contribution in [0, 0.1) is 0 Å². The summed E-state index contributed by atoms with van der Waals surface area (Å²) in [6, 6.07) is 12.7. The van der Waals surface area contributed by atoms with Crippen molar-refractivity contribution in [1.29, 1.82) is 0 Å². The van der Waals surface area contributed by atoms with Gasteiger partial charge in [-0.3, -0.25) is 9.78 Å². The Morgan fingerprint density at radius 3 is 2.75 bits per heavy atom. The zero-order valence-electron chi connectivity index (χ0n) is 10.5. The van der Waals surface area contributed by atoms with Crippen LogP contribution in [0.2, 0.25) is 0 Å². The van der Waals surface area contributed by atoms with Gasteiger partial charge >= 0.3 is 0 Å². The van der Waals surface area contributed by atoms with Gasteiger partial charge in [-0.05, 0) is 29.7 Å². The number of benzene rings is 2. The maximum Gasteiger partial charge on any atom is 0.195 e. The fourth-order valence-electron chi connectivity index (χ4n) is 2.21. The molecule has 0 fully saturated rings. The Morgan fingerprint density at radius 1 is 1.10 bits per heavy atom. The van der Waals surface area contributed by atoms with Crippen LogP contribution in [0.1, 0.15) is 15.9 Å². The number of hydrogen-bond acceptors (Lipinski definition) is 3. The number of ketones is 1. The maximum atomic E-state index is 12.7. The average molecular weight is 327 g/mol. The lowest BCUT2D eigenvalue weighted by Gasteiger charge is -2.08. The van der Waals surface area contributed by atoms with E-state index in [2.05, 4.69) is 20.9 Å². The normalized spacial score (nSPS) is 10.7. The molecule has 3 nitrogen and oxygen atoms in total. The van der Waals surface area contributed by atoms with Crippen LogP contribution < -0.4 is 5.73 Å². The molecule has 3 rings (SSSR count). The molecule has 4 heteroatoms. The number of nitrogens with zero attached hydrogens (tertiary/aromatic N) is 1. The van der Waals surface area contributed by atoms with Gasteiger partial charge in [0.15, 0.2) is 5.78 Å². The molecular formula is C16H11BrN2O. The fourth-order valence-corrected chi connectivity index (χ4v) is 2.58. The van der Waals surface area contributed by atoms with E-state index in [1.165, 1.54) is 0 Å². The van der Waals surface area contributed by atoms with E-state index in [1.54, 1.807) is 24.5 Å². The van der Waals surface area contributed by atoms with Crippen LogP contribution in [0.25, 0.3) is 10.8 Å². The van der Waals surface area contributed by atoms with E-state index in [0.29, 0.717) is 16.8 Å². The Morgan fingerprint density at radius 2 is 1.95 bits per heavy atom. The van der Waals surface area contributed by atoms with Gasteiger partial charge in [-0.1, -0.05) is 34.1 Å². The third-order valence-electron chi connectivity index (χ3n) is 3.18. The molecule has 2 N–H and O–H groups in total. The molecule has 20 heavy (non-hydrogen) atoms. The van der Waals surface area contributed by atoms with Crippen molar-refractivity contribution in [3.8, 4) is 0 Å². The molecule has 3 aromatic rings. The summed E-state index contributed by atoms with van der Waals surface area (Å²) >= 11 is 3.34. The number of hydrogen-bond donors (Lipinski definition) is 1. The molecule has 2 aromatic carbocycles. The number of nitrogens with two attached hydrogens (primary N) is 1. The molecule has 0 bridgehead atoms. The van der Waals surface area contributed by atoms with Gasteiger partial charge in [-0.2, -0.15) is 0 Å². The zero-order valence-corrected chi connectivity index (χ0v) is 12.1. The highest BCUT2D eigenvalue weighted by Gasteiger charge is 2.15. The van der Waals surface area contributed by atoms with Gasteiger partial charge in [0.1, 0.15) is 0 Å². The average Bonchev–Trinajstić information content (AvgIpc) is 2.46. The van der Waals surface area contributed by atoms with Crippen LogP contribution in [0.5, 0.6) is 0 Å². The Bertz CT molecular complexity index is 809. The summed E-state index contributed by atoms with van der Waals surface area (Å²) < 4.78 is 0.855. The summed E-state index contributed by atoms with van der Waals surface area (Å²) in [5.41, 5.74) is 7.56. The number of anilines is 1. The molecule has 0 spiro atoms. The van der Waals surface area contributed by atoms with Crippen molar-refractivity contribution in [2.45, 2.75) is 0 Å². The first-order valence-electron chi connectivity index (χ1n) is 6.09. The Kier molecular flexibility index (Phi) is 3.24. The van der Waals surface area contributed by atoms with Crippen molar-refractivity contribution in [2.75, 3.05) is 5.73 Å². The van der Waals surface area contributed by atoms with Crippen molar-refractivity contribution in [2.24, 2.45) is 0 Å². The van der Waals surface area contributed by atoms with Crippen molar-refractivity contribution in [3.05, 3.63) is 70.5 Å². The van der Waals surface area contributed by atoms with E-state index in [0.717, 1.165) is 15.2 Å². The summed E-state index contributed by atoms with van der Waals surface area (Å²) in [4.78, 5) is 16.7. The van der Waals surface area contributed by atoms with Gasteiger partial charge in [-0.25, -0.2) is 0 Å². The monoisotopic (exact) mass is 326 g/mol. The van der Waals surface area contributed by atoms with Gasteiger partial charge in [-0.15, -0.1) is 0 Å². The lowest BCUT2D eigenvalue weighted by atomic mass is 9.97. The van der Waals surface area contributed by atoms with Gasteiger partial charge in [0.05, 0.1) is 0 Å². The summed E-state index contributed by atoms with van der Waals surface area (Å²) in [5.74, 6) is -0.0770. The first-order valence-corrected chi connectivity index (χ1v) is 6.88. The van der Waals surface area contributed by atoms with E-state index >= 15 is 0 Å². The van der Waals surface area contributed by atoms with Crippen molar-refractivity contribution < 1.29 is 4.79 Å². The zero-order chi connectivity index (χ0) is 14.1. The molecule has 0 amide bonds. The number of nitrogen functional groups attached to an aromatic ring is 1. The predicted octanol–water partition coefficient (Wildman–Crippen LogP) is 3.81. The lowest BCUT2D eigenvalue weighted by Crippen LogP contribution is -2.06. The van der Waals surface area contributed by atoms with Gasteiger partial charge < -0.3 is 5.73 Å². The number of aromatic nitrogens is 1. The topological polar surface area (TPSA) is 56.0 Å². The third kappa shape index (κ3) is 2.18. The van der Waals surface area contributed by atoms with Crippen LogP contribution in [0.4, 0.5) is 5.69 Å². The van der Waals surface area contributed by atoms with Crippen LogP contribution in [-0.4, -0.2) is 10.8 Å². The second-order valence-electron chi connectivity index (χ2n) is 4.46. The molecular weight excluding hydrogens is 316 g/mol. The molecule has 0 aliphatic rings. The molecule has 98 valence electrons. The van der Waals surface area contributed by atoms with E-state index < -0.39 is 0 Å². The lowest BCUT2D eigenvalue weighted by molar-refractivity contribution is 0.104. The highest BCUT2D eigenvalue weighted by atomic mass is 79.9. The van der Waals surface area contributed by atoms with Crippen LogP contribution in [0.3, 0.4) is 0 Å². The maximum absolute atomic E-state index is 12.7. The van der Waals surface area contributed by atoms with Crippen LogP contribution in [0.15, 0.2) is 59.3 Å². The summed E-state index contributed by atoms with van der Waals surface area (Å²) in [7, 11) is 0. The first kappa shape index (κ1) is 12.8. The van der Waals surface area contributed by atoms with Gasteiger partial charge in [0.25, 0.3) is 0 Å². The number of fused-ring (bicyclic) bond motifs is 1. The highest BCUT2D eigenvalue weighted by Crippen LogP contribution is 2.25. The van der Waals surface area contributed by atoms with Crippen molar-refractivity contribution in [1.82, 2.24) is 4.98 Å². The van der Waals surface area contributed by atoms with Crippen LogP contribution in [-0.2, 0) is 0 Å². The third-order valence-corrected chi connectivity index (χ3v) is 3.68. The quantitative estimate of drug-likeness (QED) is 0.575. The molecule has 0 atom stereocenters. The molecule has 0 aliphatic heterocycles. The van der Waals surface area contributed by atoms with E-state index in [4.69, 9.17) is 5.73 Å². The number of rotatable bonds is 2. The number of pyridine rings is 1. The SMILES string of the molecule is Nc1cc(Br)ccc1C(=O)c1cccc2cnccc12. The van der Waals surface area contributed by atoms with E-state index in [9.17, 15) is 4.79 Å². The molecule has 0 unspecified atom stereocenters. The van der Waals surface area contributed by atoms with Gasteiger partial charge in [0, 0.05) is 39.1 Å². The van der Waals surface area contributed by atoms with Crippen molar-refractivity contribution in [3.63, 3.8) is 0 Å². The predicted molar refractivity (Wildman–Crippen MR) is 83.7 cm³/mol. The highest BCUT2D eigenvalue weighted by molar-refractivity contribution is 9.10. The molecule has 1 heterocycles. The standard InChI is InChI=1S/C16H11BrN2O/c17-11-4-5-14(15(18)8-11)16(20)13-3-1-2-10-9-19-7-6-12(10)13/h1-9H,18H2.